The summed E-state index contributed by atoms with van der Waals surface area (Å²) in [5.41, 5.74) is 1.56. The van der Waals surface area contributed by atoms with Crippen LogP contribution in [0.15, 0.2) is 18.2 Å². The molecule has 1 saturated heterocycles. The first-order valence-corrected chi connectivity index (χ1v) is 8.79. The predicted octanol–water partition coefficient (Wildman–Crippen LogP) is 0.492. The molecule has 21 heavy (non-hydrogen) atoms. The average Bonchev–Trinajstić information content (AvgIpc) is 2.80. The topological polar surface area (TPSA) is 66.5 Å². The van der Waals surface area contributed by atoms with Crippen LogP contribution in [-0.4, -0.2) is 45.0 Å². The maximum atomic E-state index is 13.3. The molecular weight excluding hydrogens is 295 g/mol. The van der Waals surface area contributed by atoms with Crippen molar-refractivity contribution in [3.8, 4) is 0 Å². The summed E-state index contributed by atoms with van der Waals surface area (Å²) in [5.74, 6) is -0.418. The number of amides is 1. The molecular formula is C14H17FN2O3S. The molecule has 1 N–H and O–H groups in total. The molecule has 0 radical (unpaired) electrons. The van der Waals surface area contributed by atoms with Gasteiger partial charge in [-0.15, -0.1) is 0 Å². The van der Waals surface area contributed by atoms with Crippen molar-refractivity contribution < 1.29 is 17.6 Å². The summed E-state index contributed by atoms with van der Waals surface area (Å²) in [6, 6.07) is 4.10. The van der Waals surface area contributed by atoms with Gasteiger partial charge in [-0.1, -0.05) is 6.07 Å². The number of carbonyl (C=O) groups excluding carboxylic acids is 1. The van der Waals surface area contributed by atoms with Crippen LogP contribution >= 0.6 is 0 Å². The van der Waals surface area contributed by atoms with Crippen molar-refractivity contribution in [3.05, 3.63) is 29.6 Å². The number of carbonyl (C=O) groups is 1. The van der Waals surface area contributed by atoms with Gasteiger partial charge in [-0.2, -0.15) is 0 Å². The van der Waals surface area contributed by atoms with Crippen LogP contribution < -0.4 is 10.2 Å². The average molecular weight is 312 g/mol. The van der Waals surface area contributed by atoms with Gasteiger partial charge in [-0.3, -0.25) is 4.79 Å². The molecule has 0 spiro atoms. The fourth-order valence-corrected chi connectivity index (χ4v) is 4.38. The summed E-state index contributed by atoms with van der Waals surface area (Å²) in [5, 5.41) is 3.06. The lowest BCUT2D eigenvalue weighted by Gasteiger charge is -2.25. The Morgan fingerprint density at radius 2 is 2.24 bits per heavy atom. The number of nitrogens with one attached hydrogen (secondary N) is 1. The molecule has 1 unspecified atom stereocenters. The van der Waals surface area contributed by atoms with Crippen molar-refractivity contribution in [2.45, 2.75) is 18.9 Å². The first-order chi connectivity index (χ1) is 9.94. The molecule has 0 aromatic heterocycles. The lowest BCUT2D eigenvalue weighted by atomic mass is 10.1. The zero-order chi connectivity index (χ0) is 15.0. The van der Waals surface area contributed by atoms with Gasteiger partial charge >= 0.3 is 0 Å². The van der Waals surface area contributed by atoms with Gasteiger partial charge in [0, 0.05) is 31.2 Å². The fourth-order valence-electron chi connectivity index (χ4n) is 2.93. The Bertz CT molecular complexity index is 675. The monoisotopic (exact) mass is 312 g/mol. The standard InChI is InChI=1S/C14H17FN2O3S/c15-11-2-1-10-3-5-17(13(10)7-11)14(18)8-12-9-21(19,20)6-4-16-12/h1-2,7,12,16H,3-6,8-9H2. The first kappa shape index (κ1) is 14.5. The number of nitrogens with zero attached hydrogens (tertiary/aromatic N) is 1. The van der Waals surface area contributed by atoms with Gasteiger partial charge in [0.25, 0.3) is 0 Å². The van der Waals surface area contributed by atoms with E-state index in [-0.39, 0.29) is 35.7 Å². The van der Waals surface area contributed by atoms with E-state index in [1.807, 2.05) is 0 Å². The Morgan fingerprint density at radius 3 is 3.00 bits per heavy atom. The van der Waals surface area contributed by atoms with E-state index < -0.39 is 9.84 Å². The molecule has 2 aliphatic rings. The number of hydrogen-bond donors (Lipinski definition) is 1. The van der Waals surface area contributed by atoms with Gasteiger partial charge in [0.05, 0.1) is 11.5 Å². The number of sulfone groups is 1. The largest absolute Gasteiger partial charge is 0.312 e. The van der Waals surface area contributed by atoms with E-state index in [4.69, 9.17) is 0 Å². The summed E-state index contributed by atoms with van der Waals surface area (Å²) >= 11 is 0. The van der Waals surface area contributed by atoms with Crippen molar-refractivity contribution >= 4 is 21.4 Å². The molecule has 7 heteroatoms. The van der Waals surface area contributed by atoms with Gasteiger partial charge < -0.3 is 10.2 Å². The summed E-state index contributed by atoms with van der Waals surface area (Å²) in [6.07, 6.45) is 0.826. The highest BCUT2D eigenvalue weighted by molar-refractivity contribution is 7.91. The lowest BCUT2D eigenvalue weighted by molar-refractivity contribution is -0.118. The quantitative estimate of drug-likeness (QED) is 0.863. The third-order valence-corrected chi connectivity index (χ3v) is 5.70. The Balaban J connectivity index is 1.72. The van der Waals surface area contributed by atoms with Crippen LogP contribution in [0.2, 0.25) is 0 Å². The molecule has 114 valence electrons. The van der Waals surface area contributed by atoms with E-state index >= 15 is 0 Å². The predicted molar refractivity (Wildman–Crippen MR) is 77.5 cm³/mol. The minimum Gasteiger partial charge on any atom is -0.312 e. The molecule has 1 atom stereocenters. The maximum absolute atomic E-state index is 13.3. The van der Waals surface area contributed by atoms with Gasteiger partial charge in [-0.05, 0) is 24.1 Å². The van der Waals surface area contributed by atoms with E-state index in [1.165, 1.54) is 12.1 Å². The summed E-state index contributed by atoms with van der Waals surface area (Å²) in [7, 11) is -3.06. The van der Waals surface area contributed by atoms with Gasteiger partial charge in [-0.25, -0.2) is 12.8 Å². The van der Waals surface area contributed by atoms with E-state index in [2.05, 4.69) is 5.32 Å². The highest BCUT2D eigenvalue weighted by atomic mass is 32.2. The van der Waals surface area contributed by atoms with E-state index in [9.17, 15) is 17.6 Å². The van der Waals surface area contributed by atoms with E-state index in [0.29, 0.717) is 25.2 Å². The van der Waals surface area contributed by atoms with Crippen LogP contribution in [0.4, 0.5) is 10.1 Å². The smallest absolute Gasteiger partial charge is 0.228 e. The molecule has 2 heterocycles. The number of benzene rings is 1. The normalized spacial score (nSPS) is 23.9. The zero-order valence-electron chi connectivity index (χ0n) is 11.5. The molecule has 3 rings (SSSR count). The Labute approximate surface area is 123 Å². The van der Waals surface area contributed by atoms with Crippen LogP contribution in [0.1, 0.15) is 12.0 Å². The number of halogens is 1. The Morgan fingerprint density at radius 1 is 1.43 bits per heavy atom. The van der Waals surface area contributed by atoms with Gasteiger partial charge in [0.1, 0.15) is 5.82 Å². The number of anilines is 1. The van der Waals surface area contributed by atoms with E-state index in [0.717, 1.165) is 5.56 Å². The molecule has 1 amide bonds. The van der Waals surface area contributed by atoms with Gasteiger partial charge in [0.15, 0.2) is 9.84 Å². The van der Waals surface area contributed by atoms with Crippen LogP contribution in [-0.2, 0) is 21.1 Å². The maximum Gasteiger partial charge on any atom is 0.228 e. The molecule has 5 nitrogen and oxygen atoms in total. The van der Waals surface area contributed by atoms with E-state index in [1.54, 1.807) is 11.0 Å². The molecule has 1 aromatic carbocycles. The summed E-state index contributed by atoms with van der Waals surface area (Å²) in [6.45, 7) is 0.905. The Kier molecular flexibility index (Phi) is 3.71. The highest BCUT2D eigenvalue weighted by Crippen LogP contribution is 2.29. The van der Waals surface area contributed by atoms with Crippen molar-refractivity contribution in [1.82, 2.24) is 5.32 Å². The molecule has 0 saturated carbocycles. The molecule has 2 aliphatic heterocycles. The molecule has 1 aromatic rings. The highest BCUT2D eigenvalue weighted by Gasteiger charge is 2.30. The summed E-state index contributed by atoms with van der Waals surface area (Å²) < 4.78 is 36.5. The minimum atomic E-state index is -3.06. The van der Waals surface area contributed by atoms with Gasteiger partial charge in [0.2, 0.25) is 5.91 Å². The summed E-state index contributed by atoms with van der Waals surface area (Å²) in [4.78, 5) is 13.9. The van der Waals surface area contributed by atoms with Crippen LogP contribution in [0.3, 0.4) is 0 Å². The van der Waals surface area contributed by atoms with Crippen LogP contribution in [0.5, 0.6) is 0 Å². The number of rotatable bonds is 2. The van der Waals surface area contributed by atoms with Crippen LogP contribution in [0.25, 0.3) is 0 Å². The van der Waals surface area contributed by atoms with Crippen LogP contribution in [0, 0.1) is 5.82 Å². The second-order valence-electron chi connectivity index (χ2n) is 5.54. The second-order valence-corrected chi connectivity index (χ2v) is 7.77. The molecule has 0 bridgehead atoms. The van der Waals surface area contributed by atoms with Crippen molar-refractivity contribution in [2.75, 3.05) is 29.5 Å². The third kappa shape index (κ3) is 3.08. The minimum absolute atomic E-state index is 0.0113. The van der Waals surface area contributed by atoms with Crippen molar-refractivity contribution in [2.24, 2.45) is 0 Å². The SMILES string of the molecule is O=C(CC1CS(=O)(=O)CCN1)N1CCc2ccc(F)cc21. The zero-order valence-corrected chi connectivity index (χ0v) is 12.3. The molecule has 0 aliphatic carbocycles. The lowest BCUT2D eigenvalue weighted by Crippen LogP contribution is -2.47. The Hall–Kier alpha value is -1.47. The molecule has 1 fully saturated rings. The first-order valence-electron chi connectivity index (χ1n) is 6.97. The van der Waals surface area contributed by atoms with Crippen molar-refractivity contribution in [3.63, 3.8) is 0 Å². The second kappa shape index (κ2) is 5.38. The van der Waals surface area contributed by atoms with Crippen molar-refractivity contribution in [1.29, 1.82) is 0 Å². The number of fused-ring (bicyclic) bond motifs is 1. The third-order valence-electron chi connectivity index (χ3n) is 3.97. The number of hydrogen-bond acceptors (Lipinski definition) is 4. The fraction of sp³-hybridized carbons (Fsp3) is 0.500.